The van der Waals surface area contributed by atoms with Crippen molar-refractivity contribution in [3.63, 3.8) is 0 Å². The van der Waals surface area contributed by atoms with Crippen molar-refractivity contribution in [2.75, 3.05) is 19.8 Å². The molecule has 0 aliphatic carbocycles. The van der Waals surface area contributed by atoms with Crippen LogP contribution in [0.2, 0.25) is 0 Å². The van der Waals surface area contributed by atoms with Crippen molar-refractivity contribution in [2.24, 2.45) is 0 Å². The lowest BCUT2D eigenvalue weighted by Gasteiger charge is -2.39. The smallest absolute Gasteiger partial charge is 0.306 e. The number of hydrogen-bond donors (Lipinski definition) is 4. The lowest BCUT2D eigenvalue weighted by Crippen LogP contribution is -2.59. The molecule has 1 heterocycles. The number of rotatable bonds is 22. The molecule has 0 aromatic heterocycles. The van der Waals surface area contributed by atoms with E-state index in [4.69, 9.17) is 18.9 Å². The van der Waals surface area contributed by atoms with Crippen LogP contribution in [0.1, 0.15) is 84.5 Å². The predicted molar refractivity (Wildman–Crippen MR) is 159 cm³/mol. The molecule has 10 heteroatoms. The second-order valence-electron chi connectivity index (χ2n) is 10.1. The minimum absolute atomic E-state index is 0.148. The second kappa shape index (κ2) is 24.1. The molecule has 42 heavy (non-hydrogen) atoms. The molecule has 0 aromatic rings. The molecular weight excluding hydrogens is 544 g/mol. The highest BCUT2D eigenvalue weighted by Crippen LogP contribution is 2.22. The lowest BCUT2D eigenvalue weighted by molar-refractivity contribution is -0.305. The first-order valence-corrected chi connectivity index (χ1v) is 15.2. The average molecular weight is 597 g/mol. The number of hydrogen-bond acceptors (Lipinski definition) is 10. The summed E-state index contributed by atoms with van der Waals surface area (Å²) in [6.45, 7) is 2.63. The second-order valence-corrected chi connectivity index (χ2v) is 10.1. The number of allylic oxidation sites excluding steroid dienone is 8. The van der Waals surface area contributed by atoms with Crippen molar-refractivity contribution in [2.45, 2.75) is 121 Å². The van der Waals surface area contributed by atoms with Gasteiger partial charge in [0.15, 0.2) is 12.4 Å². The van der Waals surface area contributed by atoms with Gasteiger partial charge in [0, 0.05) is 12.8 Å². The van der Waals surface area contributed by atoms with Gasteiger partial charge in [0.05, 0.1) is 13.2 Å². The Balaban J connectivity index is 2.29. The minimum Gasteiger partial charge on any atom is -0.462 e. The van der Waals surface area contributed by atoms with Crippen molar-refractivity contribution in [3.05, 3.63) is 48.6 Å². The molecule has 0 amide bonds. The summed E-state index contributed by atoms with van der Waals surface area (Å²) in [5.41, 5.74) is 0. The molecule has 1 rings (SSSR count). The van der Waals surface area contributed by atoms with Crippen molar-refractivity contribution in [3.8, 4) is 0 Å². The standard InChI is InChI=1S/C32H52O10/c1-3-5-6-7-8-9-10-11-12-13-14-15-16-17-18-19-20-21-28(35)41-25(23-39-27(34)4-2)24-40-32-31(38)30(37)29(36)26(22-33)42-32/h5-6,8-9,11-12,14-15,25-26,29-33,36-38H,3-4,7,10,13,16-24H2,1-2H3/b6-5-,9-8-,12-11-,15-14-. The molecular formula is C32H52O10. The van der Waals surface area contributed by atoms with Gasteiger partial charge in [-0.25, -0.2) is 0 Å². The van der Waals surface area contributed by atoms with E-state index < -0.39 is 55.4 Å². The van der Waals surface area contributed by atoms with E-state index in [1.54, 1.807) is 6.92 Å². The molecule has 1 fully saturated rings. The molecule has 0 saturated carbocycles. The molecule has 1 aliphatic heterocycles. The Bertz CT molecular complexity index is 835. The molecule has 0 bridgehead atoms. The van der Waals surface area contributed by atoms with Gasteiger partial charge in [-0.2, -0.15) is 0 Å². The zero-order chi connectivity index (χ0) is 31.0. The molecule has 0 radical (unpaired) electrons. The maximum atomic E-state index is 12.4. The van der Waals surface area contributed by atoms with E-state index >= 15 is 0 Å². The molecule has 10 nitrogen and oxygen atoms in total. The van der Waals surface area contributed by atoms with Crippen molar-refractivity contribution >= 4 is 11.9 Å². The Hall–Kier alpha value is -2.34. The van der Waals surface area contributed by atoms with E-state index in [-0.39, 0.29) is 26.1 Å². The van der Waals surface area contributed by atoms with Gasteiger partial charge in [0.1, 0.15) is 31.0 Å². The van der Waals surface area contributed by atoms with Crippen molar-refractivity contribution in [1.29, 1.82) is 0 Å². The van der Waals surface area contributed by atoms with Gasteiger partial charge >= 0.3 is 11.9 Å². The van der Waals surface area contributed by atoms with E-state index in [1.165, 1.54) is 0 Å². The number of carbonyl (C=O) groups excluding carboxylic acids is 2. The maximum absolute atomic E-state index is 12.4. The van der Waals surface area contributed by atoms with Gasteiger partial charge in [0.2, 0.25) is 0 Å². The summed E-state index contributed by atoms with van der Waals surface area (Å²) in [7, 11) is 0. The molecule has 1 saturated heterocycles. The van der Waals surface area contributed by atoms with Crippen molar-refractivity contribution in [1.82, 2.24) is 0 Å². The van der Waals surface area contributed by atoms with Gasteiger partial charge in [-0.15, -0.1) is 0 Å². The van der Waals surface area contributed by atoms with Gasteiger partial charge in [-0.05, 0) is 44.9 Å². The number of carbonyl (C=O) groups is 2. The number of ether oxygens (including phenoxy) is 4. The quantitative estimate of drug-likeness (QED) is 0.0825. The van der Waals surface area contributed by atoms with E-state index in [1.807, 2.05) is 0 Å². The fourth-order valence-corrected chi connectivity index (χ4v) is 4.04. The first-order chi connectivity index (χ1) is 20.3. The highest BCUT2D eigenvalue weighted by molar-refractivity contribution is 5.70. The highest BCUT2D eigenvalue weighted by atomic mass is 16.7. The third kappa shape index (κ3) is 16.9. The van der Waals surface area contributed by atoms with Gasteiger partial charge in [-0.1, -0.05) is 75.3 Å². The third-order valence-corrected chi connectivity index (χ3v) is 6.53. The van der Waals surface area contributed by atoms with Crippen LogP contribution >= 0.6 is 0 Å². The fraction of sp³-hybridized carbons (Fsp3) is 0.688. The maximum Gasteiger partial charge on any atom is 0.306 e. The topological polar surface area (TPSA) is 152 Å². The Kier molecular flexibility index (Phi) is 21.7. The van der Waals surface area contributed by atoms with E-state index in [0.29, 0.717) is 6.42 Å². The van der Waals surface area contributed by atoms with Crippen molar-refractivity contribution < 1.29 is 49.0 Å². The molecule has 0 aromatic carbocycles. The van der Waals surface area contributed by atoms with Gasteiger partial charge in [0.25, 0.3) is 0 Å². The Labute approximate surface area is 250 Å². The van der Waals surface area contributed by atoms with Crippen LogP contribution in [0.3, 0.4) is 0 Å². The fourth-order valence-electron chi connectivity index (χ4n) is 4.04. The summed E-state index contributed by atoms with van der Waals surface area (Å²) in [6.07, 6.45) is 18.0. The van der Waals surface area contributed by atoms with Crippen LogP contribution in [0.4, 0.5) is 0 Å². The summed E-state index contributed by atoms with van der Waals surface area (Å²) in [4.78, 5) is 24.0. The van der Waals surface area contributed by atoms with Gasteiger partial charge in [-0.3, -0.25) is 9.59 Å². The summed E-state index contributed by atoms with van der Waals surface area (Å²) < 4.78 is 21.3. The van der Waals surface area contributed by atoms with Crippen LogP contribution in [-0.4, -0.2) is 89.0 Å². The predicted octanol–water partition coefficient (Wildman–Crippen LogP) is 3.81. The van der Waals surface area contributed by atoms with E-state index in [9.17, 15) is 30.0 Å². The SMILES string of the molecule is CC/C=C\C/C=C\C/C=C\C/C=C\CCCCCCC(=O)OC(COC(=O)CC)COC1OC(CO)C(O)C(O)C1O. The number of aliphatic hydroxyl groups is 4. The number of esters is 2. The molecule has 6 unspecified atom stereocenters. The van der Waals surface area contributed by atoms with Crippen LogP contribution in [0.5, 0.6) is 0 Å². The first kappa shape index (κ1) is 37.7. The summed E-state index contributed by atoms with van der Waals surface area (Å²) >= 11 is 0. The van der Waals surface area contributed by atoms with E-state index in [0.717, 1.165) is 51.4 Å². The van der Waals surface area contributed by atoms with Crippen LogP contribution < -0.4 is 0 Å². The van der Waals surface area contributed by atoms with Crippen LogP contribution in [-0.2, 0) is 28.5 Å². The molecule has 240 valence electrons. The highest BCUT2D eigenvalue weighted by Gasteiger charge is 2.44. The first-order valence-electron chi connectivity index (χ1n) is 15.2. The Morgan fingerprint density at radius 3 is 2.00 bits per heavy atom. The lowest BCUT2D eigenvalue weighted by atomic mass is 9.99. The normalized spacial score (nSPS) is 23.8. The Morgan fingerprint density at radius 2 is 1.38 bits per heavy atom. The van der Waals surface area contributed by atoms with Crippen LogP contribution in [0.15, 0.2) is 48.6 Å². The largest absolute Gasteiger partial charge is 0.462 e. The van der Waals surface area contributed by atoms with E-state index in [2.05, 4.69) is 55.5 Å². The van der Waals surface area contributed by atoms with Crippen LogP contribution in [0, 0.1) is 0 Å². The summed E-state index contributed by atoms with van der Waals surface area (Å²) in [5, 5.41) is 39.3. The Morgan fingerprint density at radius 1 is 0.762 bits per heavy atom. The molecule has 4 N–H and O–H groups in total. The third-order valence-electron chi connectivity index (χ3n) is 6.53. The zero-order valence-corrected chi connectivity index (χ0v) is 25.2. The minimum atomic E-state index is -1.59. The molecule has 0 spiro atoms. The number of aliphatic hydroxyl groups excluding tert-OH is 4. The summed E-state index contributed by atoms with van der Waals surface area (Å²) in [5.74, 6) is -0.943. The molecule has 1 aliphatic rings. The zero-order valence-electron chi connectivity index (χ0n) is 25.2. The average Bonchev–Trinajstić information content (AvgIpc) is 2.99. The monoisotopic (exact) mass is 596 g/mol. The molecule has 6 atom stereocenters. The number of unbranched alkanes of at least 4 members (excludes halogenated alkanes) is 4. The van der Waals surface area contributed by atoms with Crippen LogP contribution in [0.25, 0.3) is 0 Å². The van der Waals surface area contributed by atoms with Gasteiger partial charge < -0.3 is 39.4 Å². The summed E-state index contributed by atoms with van der Waals surface area (Å²) in [6, 6.07) is 0.